The quantitative estimate of drug-likeness (QED) is 0.547. The molecule has 2 aliphatic heterocycles. The van der Waals surface area contributed by atoms with Crippen molar-refractivity contribution < 1.29 is 21.6 Å². The van der Waals surface area contributed by atoms with Crippen LogP contribution in [0, 0.1) is 17.7 Å². The van der Waals surface area contributed by atoms with Gasteiger partial charge in [-0.2, -0.15) is 0 Å². The Kier molecular flexibility index (Phi) is 6.75. The van der Waals surface area contributed by atoms with Gasteiger partial charge in [0.25, 0.3) is 5.92 Å². The molecule has 2 heterocycles. The Morgan fingerprint density at radius 1 is 1.12 bits per heavy atom. The number of rotatable bonds is 9. The van der Waals surface area contributed by atoms with Crippen LogP contribution in [0.4, 0.5) is 18.9 Å². The van der Waals surface area contributed by atoms with Crippen LogP contribution in [0.1, 0.15) is 44.6 Å². The number of nitrogens with one attached hydrogen (secondary N) is 1. The Morgan fingerprint density at radius 2 is 1.79 bits per heavy atom. The Labute approximate surface area is 200 Å². The fourth-order valence-corrected chi connectivity index (χ4v) is 7.58. The van der Waals surface area contributed by atoms with E-state index in [4.69, 9.17) is 0 Å². The number of sulfonamides is 1. The minimum atomic E-state index is -3.39. The molecule has 1 aromatic carbocycles. The van der Waals surface area contributed by atoms with Crippen molar-refractivity contribution in [1.82, 2.24) is 9.80 Å². The Balaban J connectivity index is 0.00000259. The van der Waals surface area contributed by atoms with Crippen molar-refractivity contribution in [1.29, 1.82) is 0 Å². The summed E-state index contributed by atoms with van der Waals surface area (Å²) >= 11 is 0. The van der Waals surface area contributed by atoms with Crippen molar-refractivity contribution in [3.05, 3.63) is 29.6 Å². The third-order valence-electron chi connectivity index (χ3n) is 8.08. The number of alkyl halides is 2. The summed E-state index contributed by atoms with van der Waals surface area (Å²) in [6, 6.07) is 4.60. The van der Waals surface area contributed by atoms with Crippen LogP contribution in [0.5, 0.6) is 0 Å². The average Bonchev–Trinajstić information content (AvgIpc) is 3.60. The number of hydrogen-bond donors (Lipinski definition) is 1. The van der Waals surface area contributed by atoms with Gasteiger partial charge in [-0.15, -0.1) is 12.4 Å². The maximum absolute atomic E-state index is 14.9. The van der Waals surface area contributed by atoms with Gasteiger partial charge >= 0.3 is 0 Å². The SMILES string of the molecule is CCC1(c2cc(NS(=O)(=O)C3CC3)ccc2F)[C@@H]2CN(CCCN3CCC(F)(F)C3)C[C@@H]21.Cl. The first-order valence-electron chi connectivity index (χ1n) is 11.8. The van der Waals surface area contributed by atoms with E-state index in [1.54, 1.807) is 6.07 Å². The molecule has 2 saturated carbocycles. The lowest BCUT2D eigenvalue weighted by Crippen LogP contribution is -2.33. The summed E-state index contributed by atoms with van der Waals surface area (Å²) in [5, 5.41) is -0.322. The van der Waals surface area contributed by atoms with Gasteiger partial charge in [0.15, 0.2) is 0 Å². The molecule has 10 heteroatoms. The number of hydrogen-bond acceptors (Lipinski definition) is 4. The van der Waals surface area contributed by atoms with E-state index in [9.17, 15) is 21.6 Å². The number of nitrogens with zero attached hydrogens (tertiary/aromatic N) is 2. The molecule has 186 valence electrons. The molecule has 0 bridgehead atoms. The molecule has 1 N–H and O–H groups in total. The van der Waals surface area contributed by atoms with E-state index < -0.39 is 15.9 Å². The second-order valence-electron chi connectivity index (χ2n) is 10.1. The second kappa shape index (κ2) is 8.88. The summed E-state index contributed by atoms with van der Waals surface area (Å²) in [6.45, 7) is 5.75. The van der Waals surface area contributed by atoms with Crippen molar-refractivity contribution in [2.45, 2.75) is 55.6 Å². The zero-order chi connectivity index (χ0) is 22.7. The van der Waals surface area contributed by atoms with Gasteiger partial charge in [-0.3, -0.25) is 9.62 Å². The van der Waals surface area contributed by atoms with Crippen molar-refractivity contribution in [2.75, 3.05) is 44.0 Å². The first-order chi connectivity index (χ1) is 15.1. The van der Waals surface area contributed by atoms with Gasteiger partial charge in [-0.05, 0) is 74.4 Å². The molecule has 5 nitrogen and oxygen atoms in total. The highest BCUT2D eigenvalue weighted by Crippen LogP contribution is 2.66. The van der Waals surface area contributed by atoms with Gasteiger partial charge in [-0.25, -0.2) is 21.6 Å². The highest BCUT2D eigenvalue weighted by Gasteiger charge is 2.68. The van der Waals surface area contributed by atoms with Crippen molar-refractivity contribution >= 4 is 28.1 Å². The molecular weight excluding hydrogens is 475 g/mol. The van der Waals surface area contributed by atoms with E-state index in [0.717, 1.165) is 32.5 Å². The third-order valence-corrected chi connectivity index (χ3v) is 9.95. The molecule has 5 rings (SSSR count). The lowest BCUT2D eigenvalue weighted by molar-refractivity contribution is 0.0119. The fourth-order valence-electron chi connectivity index (χ4n) is 6.20. The molecule has 4 aliphatic rings. The van der Waals surface area contributed by atoms with Crippen LogP contribution < -0.4 is 4.72 Å². The topological polar surface area (TPSA) is 52.7 Å². The molecule has 33 heavy (non-hydrogen) atoms. The molecule has 3 atom stereocenters. The van der Waals surface area contributed by atoms with E-state index in [-0.39, 0.29) is 41.9 Å². The number of halogens is 4. The Hall–Kier alpha value is -1.03. The number of likely N-dealkylation sites (tertiary alicyclic amines) is 2. The summed E-state index contributed by atoms with van der Waals surface area (Å²) < 4.78 is 68.8. The molecule has 4 fully saturated rings. The normalized spacial score (nSPS) is 31.3. The van der Waals surface area contributed by atoms with E-state index in [1.807, 2.05) is 4.90 Å². The summed E-state index contributed by atoms with van der Waals surface area (Å²) in [5.74, 6) is -2.10. The van der Waals surface area contributed by atoms with Crippen molar-refractivity contribution in [3.8, 4) is 0 Å². The monoisotopic (exact) mass is 507 g/mol. The largest absolute Gasteiger partial charge is 0.303 e. The van der Waals surface area contributed by atoms with E-state index in [0.29, 0.717) is 49.0 Å². The maximum atomic E-state index is 14.9. The Bertz CT molecular complexity index is 977. The van der Waals surface area contributed by atoms with Crippen LogP contribution in [0.3, 0.4) is 0 Å². The maximum Gasteiger partial charge on any atom is 0.261 e. The van der Waals surface area contributed by atoms with Crippen LogP contribution in [0.15, 0.2) is 18.2 Å². The highest BCUT2D eigenvalue weighted by molar-refractivity contribution is 7.93. The van der Waals surface area contributed by atoms with E-state index in [1.165, 1.54) is 12.1 Å². The Morgan fingerprint density at radius 3 is 2.36 bits per heavy atom. The van der Waals surface area contributed by atoms with E-state index >= 15 is 0 Å². The van der Waals surface area contributed by atoms with Gasteiger partial charge in [0.1, 0.15) is 5.82 Å². The predicted octanol–water partition coefficient (Wildman–Crippen LogP) is 4.09. The third kappa shape index (κ3) is 4.75. The number of benzene rings is 1. The lowest BCUT2D eigenvalue weighted by Gasteiger charge is -2.27. The number of anilines is 1. The van der Waals surface area contributed by atoms with Gasteiger partial charge < -0.3 is 4.90 Å². The smallest absolute Gasteiger partial charge is 0.261 e. The minimum absolute atomic E-state index is 0. The summed E-state index contributed by atoms with van der Waals surface area (Å²) in [6.07, 6.45) is 3.00. The number of piperidine rings is 1. The first kappa shape index (κ1) is 25.1. The van der Waals surface area contributed by atoms with Crippen molar-refractivity contribution in [2.24, 2.45) is 11.8 Å². The minimum Gasteiger partial charge on any atom is -0.303 e. The predicted molar refractivity (Wildman–Crippen MR) is 125 cm³/mol. The van der Waals surface area contributed by atoms with Gasteiger partial charge in [0, 0.05) is 37.2 Å². The van der Waals surface area contributed by atoms with Crippen LogP contribution in [-0.4, -0.2) is 68.7 Å². The van der Waals surface area contributed by atoms with E-state index in [2.05, 4.69) is 16.5 Å². The molecular formula is C23H33ClF3N3O2S. The standard InChI is InChI=1S/C23H32F3N3O2S.ClH/c1-2-23(18-12-16(4-7-21(18)24)27-32(30,31)17-5-6-17)19-13-29(14-20(19)23)10-3-9-28-11-8-22(25,26)15-28;/h4,7,12,17,19-20,27H,2-3,5-6,8-11,13-15H2,1H3;1H/t19-,20+,23?;. The molecule has 0 amide bonds. The number of fused-ring (bicyclic) bond motifs is 1. The van der Waals surface area contributed by atoms with Crippen LogP contribution in [0.25, 0.3) is 0 Å². The molecule has 0 spiro atoms. The van der Waals surface area contributed by atoms with Crippen molar-refractivity contribution in [3.63, 3.8) is 0 Å². The highest BCUT2D eigenvalue weighted by atomic mass is 35.5. The second-order valence-corrected chi connectivity index (χ2v) is 12.1. The summed E-state index contributed by atoms with van der Waals surface area (Å²) in [5.41, 5.74) is 0.842. The molecule has 0 radical (unpaired) electrons. The molecule has 2 aliphatic carbocycles. The van der Waals surface area contributed by atoms with Crippen LogP contribution in [-0.2, 0) is 15.4 Å². The van der Waals surface area contributed by atoms with Gasteiger partial charge in [0.2, 0.25) is 10.0 Å². The summed E-state index contributed by atoms with van der Waals surface area (Å²) in [7, 11) is -3.39. The molecule has 2 saturated heterocycles. The molecule has 1 unspecified atom stereocenters. The molecule has 0 aromatic heterocycles. The molecule has 1 aromatic rings. The van der Waals surface area contributed by atoms with Gasteiger partial charge in [0.05, 0.1) is 11.8 Å². The fraction of sp³-hybridized carbons (Fsp3) is 0.739. The summed E-state index contributed by atoms with van der Waals surface area (Å²) in [4.78, 5) is 4.21. The zero-order valence-electron chi connectivity index (χ0n) is 18.9. The zero-order valence-corrected chi connectivity index (χ0v) is 20.5. The van der Waals surface area contributed by atoms with Crippen LogP contribution >= 0.6 is 12.4 Å². The lowest BCUT2D eigenvalue weighted by atomic mass is 9.86. The average molecular weight is 508 g/mol. The van der Waals surface area contributed by atoms with Gasteiger partial charge in [-0.1, -0.05) is 6.92 Å². The first-order valence-corrected chi connectivity index (χ1v) is 13.3. The van der Waals surface area contributed by atoms with Crippen LogP contribution in [0.2, 0.25) is 0 Å².